The summed E-state index contributed by atoms with van der Waals surface area (Å²) in [5.41, 5.74) is 0.936. The number of hydrogen-bond acceptors (Lipinski definition) is 6. The van der Waals surface area contributed by atoms with Gasteiger partial charge in [0.25, 0.3) is 5.91 Å². The van der Waals surface area contributed by atoms with Crippen LogP contribution in [0.2, 0.25) is 4.47 Å². The first-order valence-corrected chi connectivity index (χ1v) is 9.70. The lowest BCUT2D eigenvalue weighted by molar-refractivity contribution is -0.122. The molecular weight excluding hydrogens is 378 g/mol. The van der Waals surface area contributed by atoms with Crippen LogP contribution in [0.3, 0.4) is 0 Å². The number of thioether (sulfide) groups is 1. The van der Waals surface area contributed by atoms with Gasteiger partial charge in [-0.25, -0.2) is 4.98 Å². The molecule has 3 rings (SSSR count). The number of hydrogen-bond donors (Lipinski definition) is 1. The minimum absolute atomic E-state index is 0.0235. The van der Waals surface area contributed by atoms with Gasteiger partial charge >= 0.3 is 0 Å². The molecule has 1 atom stereocenters. The highest BCUT2D eigenvalue weighted by atomic mass is 35.5. The number of halogens is 1. The van der Waals surface area contributed by atoms with E-state index < -0.39 is 0 Å². The summed E-state index contributed by atoms with van der Waals surface area (Å²) in [7, 11) is 1.66. The molecule has 130 valence electrons. The van der Waals surface area contributed by atoms with Crippen LogP contribution in [0.4, 0.5) is 0 Å². The van der Waals surface area contributed by atoms with Crippen molar-refractivity contribution >= 4 is 51.3 Å². The predicted octanol–water partition coefficient (Wildman–Crippen LogP) is 4.39. The van der Waals surface area contributed by atoms with Crippen LogP contribution in [0.25, 0.3) is 5.57 Å². The maximum absolute atomic E-state index is 13.3. The second-order valence-corrected chi connectivity index (χ2v) is 7.98. The second-order valence-electron chi connectivity index (χ2n) is 5.35. The van der Waals surface area contributed by atoms with Crippen molar-refractivity contribution in [3.05, 3.63) is 57.2 Å². The van der Waals surface area contributed by atoms with Gasteiger partial charge in [0.15, 0.2) is 9.63 Å². The molecule has 1 aromatic carbocycles. The highest BCUT2D eigenvalue weighted by molar-refractivity contribution is 8.14. The molecule has 1 fully saturated rings. The smallest absolute Gasteiger partial charge is 0.264 e. The lowest BCUT2D eigenvalue weighted by atomic mass is 10.0. The summed E-state index contributed by atoms with van der Waals surface area (Å²) in [6.45, 7) is 1.52. The lowest BCUT2D eigenvalue weighted by Crippen LogP contribution is -2.35. The summed E-state index contributed by atoms with van der Waals surface area (Å²) in [6.07, 6.45) is 1.69. The third-order valence-electron chi connectivity index (χ3n) is 3.76. The first kappa shape index (κ1) is 18.0. The standard InChI is InChI=1S/C17H16ClN3O2S2/c1-10(22)14(11-6-4-3-5-7-11)15(23)21-12(9-24-17(21)19-2)13-8-20-16(18)25-13/h3-8,12,22H,9H2,1-2H3/b14-10+,19-17?. The van der Waals surface area contributed by atoms with Crippen LogP contribution in [0.15, 0.2) is 47.3 Å². The number of aliphatic imine (C=N–C) groups is 1. The molecule has 1 saturated heterocycles. The lowest BCUT2D eigenvalue weighted by Gasteiger charge is -2.24. The van der Waals surface area contributed by atoms with Crippen molar-refractivity contribution in [2.75, 3.05) is 12.8 Å². The fraction of sp³-hybridized carbons (Fsp3) is 0.235. The number of nitrogens with zero attached hydrogens (tertiary/aromatic N) is 3. The molecule has 1 unspecified atom stereocenters. The highest BCUT2D eigenvalue weighted by Crippen LogP contribution is 2.40. The van der Waals surface area contributed by atoms with Crippen molar-refractivity contribution < 1.29 is 9.90 Å². The van der Waals surface area contributed by atoms with E-state index in [2.05, 4.69) is 9.98 Å². The van der Waals surface area contributed by atoms with Gasteiger partial charge < -0.3 is 5.11 Å². The van der Waals surface area contributed by atoms with E-state index in [9.17, 15) is 9.90 Å². The number of carbonyl (C=O) groups is 1. The molecule has 1 aliphatic rings. The molecule has 1 aromatic heterocycles. The molecule has 0 saturated carbocycles. The molecule has 1 aliphatic heterocycles. The maximum Gasteiger partial charge on any atom is 0.264 e. The summed E-state index contributed by atoms with van der Waals surface area (Å²) >= 11 is 8.81. The van der Waals surface area contributed by atoms with Crippen LogP contribution in [0, 0.1) is 0 Å². The van der Waals surface area contributed by atoms with Gasteiger partial charge in [0.1, 0.15) is 5.76 Å². The molecule has 0 radical (unpaired) electrons. The van der Waals surface area contributed by atoms with E-state index in [1.807, 2.05) is 18.2 Å². The van der Waals surface area contributed by atoms with Crippen LogP contribution in [-0.4, -0.2) is 38.9 Å². The van der Waals surface area contributed by atoms with Gasteiger partial charge in [-0.1, -0.05) is 53.7 Å². The molecule has 2 heterocycles. The second kappa shape index (κ2) is 7.59. The van der Waals surface area contributed by atoms with Crippen molar-refractivity contribution in [2.45, 2.75) is 13.0 Å². The summed E-state index contributed by atoms with van der Waals surface area (Å²) in [5.74, 6) is 0.361. The largest absolute Gasteiger partial charge is 0.512 e. The Hall–Kier alpha value is -1.83. The monoisotopic (exact) mass is 393 g/mol. The van der Waals surface area contributed by atoms with Gasteiger partial charge in [-0.15, -0.1) is 11.3 Å². The number of amidine groups is 1. The SMILES string of the molecule is CN=C1SCC(c2cnc(Cl)s2)N1C(=O)/C(=C(\C)O)c1ccccc1. The Balaban J connectivity index is 2.03. The Morgan fingerprint density at radius 3 is 2.68 bits per heavy atom. The van der Waals surface area contributed by atoms with E-state index in [0.717, 1.165) is 4.88 Å². The average molecular weight is 394 g/mol. The fourth-order valence-electron chi connectivity index (χ4n) is 2.67. The van der Waals surface area contributed by atoms with Crippen molar-refractivity contribution in [3.63, 3.8) is 0 Å². The van der Waals surface area contributed by atoms with Crippen molar-refractivity contribution in [1.82, 2.24) is 9.88 Å². The van der Waals surface area contributed by atoms with Crippen molar-refractivity contribution in [1.29, 1.82) is 0 Å². The molecule has 0 aliphatic carbocycles. The van der Waals surface area contributed by atoms with Gasteiger partial charge in [-0.3, -0.25) is 14.7 Å². The van der Waals surface area contributed by atoms with E-state index in [-0.39, 0.29) is 23.3 Å². The summed E-state index contributed by atoms with van der Waals surface area (Å²) in [4.78, 5) is 24.1. The Bertz CT molecular complexity index is 845. The van der Waals surface area contributed by atoms with E-state index in [1.54, 1.807) is 30.3 Å². The van der Waals surface area contributed by atoms with Crippen LogP contribution in [0.5, 0.6) is 0 Å². The maximum atomic E-state index is 13.3. The topological polar surface area (TPSA) is 65.8 Å². The highest BCUT2D eigenvalue weighted by Gasteiger charge is 2.39. The molecule has 1 N–H and O–H groups in total. The van der Waals surface area contributed by atoms with Crippen molar-refractivity contribution in [2.24, 2.45) is 4.99 Å². The van der Waals surface area contributed by atoms with Gasteiger partial charge in [0, 0.05) is 23.9 Å². The minimum Gasteiger partial charge on any atom is -0.512 e. The molecule has 0 bridgehead atoms. The van der Waals surface area contributed by atoms with Gasteiger partial charge in [-0.05, 0) is 12.5 Å². The normalized spacial score (nSPS) is 20.0. The first-order chi connectivity index (χ1) is 12.0. The van der Waals surface area contributed by atoms with Crippen LogP contribution in [0.1, 0.15) is 23.4 Å². The zero-order valence-corrected chi connectivity index (χ0v) is 16.0. The zero-order chi connectivity index (χ0) is 18.0. The Labute approximate surface area is 159 Å². The third kappa shape index (κ3) is 3.58. The zero-order valence-electron chi connectivity index (χ0n) is 13.6. The molecule has 2 aromatic rings. The fourth-order valence-corrected chi connectivity index (χ4v) is 4.94. The average Bonchev–Trinajstić information content (AvgIpc) is 3.21. The number of amides is 1. The number of carbonyl (C=O) groups excluding carboxylic acids is 1. The third-order valence-corrected chi connectivity index (χ3v) is 6.10. The Morgan fingerprint density at radius 1 is 1.40 bits per heavy atom. The number of aliphatic hydroxyl groups excluding tert-OH is 1. The summed E-state index contributed by atoms with van der Waals surface area (Å²) in [5, 5.41) is 10.8. The van der Waals surface area contributed by atoms with Gasteiger partial charge in [-0.2, -0.15) is 0 Å². The van der Waals surface area contributed by atoms with Gasteiger partial charge in [0.2, 0.25) is 0 Å². The van der Waals surface area contributed by atoms with Gasteiger partial charge in [0.05, 0.1) is 11.6 Å². The molecule has 1 amide bonds. The van der Waals surface area contributed by atoms with E-state index in [4.69, 9.17) is 11.6 Å². The number of aliphatic hydroxyl groups is 1. The van der Waals surface area contributed by atoms with Crippen LogP contribution in [-0.2, 0) is 4.79 Å². The predicted molar refractivity (Wildman–Crippen MR) is 104 cm³/mol. The quantitative estimate of drug-likeness (QED) is 0.620. The number of benzene rings is 1. The number of thiazole rings is 1. The Morgan fingerprint density at radius 2 is 2.12 bits per heavy atom. The van der Waals surface area contributed by atoms with E-state index >= 15 is 0 Å². The van der Waals surface area contributed by atoms with Crippen LogP contribution < -0.4 is 0 Å². The summed E-state index contributed by atoms with van der Waals surface area (Å²) in [6, 6.07) is 8.93. The minimum atomic E-state index is -0.286. The van der Waals surface area contributed by atoms with E-state index in [1.165, 1.54) is 30.0 Å². The molecular formula is C17H16ClN3O2S2. The summed E-state index contributed by atoms with van der Waals surface area (Å²) < 4.78 is 0.437. The molecule has 5 nitrogen and oxygen atoms in total. The molecule has 25 heavy (non-hydrogen) atoms. The molecule has 8 heteroatoms. The molecule has 0 spiro atoms. The number of allylic oxidation sites excluding steroid dienone is 1. The van der Waals surface area contributed by atoms with E-state index in [0.29, 0.717) is 21.0 Å². The Kier molecular flexibility index (Phi) is 5.46. The van der Waals surface area contributed by atoms with Crippen LogP contribution >= 0.6 is 34.7 Å². The number of aromatic nitrogens is 1. The number of rotatable bonds is 3. The first-order valence-electron chi connectivity index (χ1n) is 7.52. The van der Waals surface area contributed by atoms with Crippen molar-refractivity contribution in [3.8, 4) is 0 Å².